The second-order valence-corrected chi connectivity index (χ2v) is 7.70. The molecule has 0 bridgehead atoms. The van der Waals surface area contributed by atoms with Crippen molar-refractivity contribution in [2.75, 3.05) is 31.1 Å². The molecule has 0 spiro atoms. The first-order chi connectivity index (χ1) is 12.8. The van der Waals surface area contributed by atoms with Crippen molar-refractivity contribution >= 4 is 22.9 Å². The number of aromatic nitrogens is 2. The Morgan fingerprint density at radius 1 is 1.08 bits per heavy atom. The highest BCUT2D eigenvalue weighted by atomic mass is 16.2. The molecule has 5 nitrogen and oxygen atoms in total. The highest BCUT2D eigenvalue weighted by Gasteiger charge is 2.30. The van der Waals surface area contributed by atoms with Crippen molar-refractivity contribution in [1.82, 2.24) is 14.5 Å². The van der Waals surface area contributed by atoms with E-state index in [-0.39, 0.29) is 5.92 Å². The summed E-state index contributed by atoms with van der Waals surface area (Å²) in [5.74, 6) is 1.68. The molecule has 2 aliphatic rings. The minimum absolute atomic E-state index is 0.202. The molecule has 4 rings (SSSR count). The van der Waals surface area contributed by atoms with Gasteiger partial charge in [0.1, 0.15) is 0 Å². The van der Waals surface area contributed by atoms with Crippen LogP contribution in [-0.2, 0) is 11.3 Å². The van der Waals surface area contributed by atoms with Crippen LogP contribution in [0.2, 0.25) is 0 Å². The Bertz CT molecular complexity index is 754. The quantitative estimate of drug-likeness (QED) is 0.841. The van der Waals surface area contributed by atoms with Gasteiger partial charge >= 0.3 is 0 Å². The largest absolute Gasteiger partial charge is 0.342 e. The molecule has 0 aliphatic carbocycles. The number of anilines is 1. The molecular formula is C21H30N4O. The number of hydrogen-bond acceptors (Lipinski definition) is 3. The summed E-state index contributed by atoms with van der Waals surface area (Å²) in [7, 11) is 0. The lowest BCUT2D eigenvalue weighted by atomic mass is 9.94. The van der Waals surface area contributed by atoms with E-state index in [9.17, 15) is 4.79 Å². The highest BCUT2D eigenvalue weighted by Crippen LogP contribution is 2.28. The van der Waals surface area contributed by atoms with Gasteiger partial charge in [-0.15, -0.1) is 0 Å². The maximum atomic E-state index is 12.8. The second-order valence-electron chi connectivity index (χ2n) is 7.70. The van der Waals surface area contributed by atoms with Gasteiger partial charge in [0.15, 0.2) is 0 Å². The van der Waals surface area contributed by atoms with Crippen LogP contribution in [0.3, 0.4) is 0 Å². The summed E-state index contributed by atoms with van der Waals surface area (Å²) in [5.41, 5.74) is 2.29. The Morgan fingerprint density at radius 2 is 1.81 bits per heavy atom. The number of carbonyl (C=O) groups is 1. The zero-order valence-corrected chi connectivity index (χ0v) is 15.9. The number of hydrogen-bond donors (Lipinski definition) is 0. The van der Waals surface area contributed by atoms with Gasteiger partial charge in [-0.05, 0) is 50.7 Å². The van der Waals surface area contributed by atoms with E-state index >= 15 is 0 Å². The van der Waals surface area contributed by atoms with Gasteiger partial charge in [0.2, 0.25) is 11.9 Å². The number of carbonyl (C=O) groups excluding carboxylic acids is 1. The van der Waals surface area contributed by atoms with Gasteiger partial charge in [-0.1, -0.05) is 19.1 Å². The molecule has 2 fully saturated rings. The van der Waals surface area contributed by atoms with Crippen molar-refractivity contribution in [2.24, 2.45) is 5.92 Å². The van der Waals surface area contributed by atoms with Crippen LogP contribution in [0.25, 0.3) is 11.0 Å². The van der Waals surface area contributed by atoms with Gasteiger partial charge in [-0.3, -0.25) is 4.79 Å². The molecule has 0 unspecified atom stereocenters. The summed E-state index contributed by atoms with van der Waals surface area (Å²) in [4.78, 5) is 22.2. The van der Waals surface area contributed by atoms with Gasteiger partial charge in [-0.2, -0.15) is 0 Å². The normalized spacial score (nSPS) is 19.3. The Morgan fingerprint density at radius 3 is 2.54 bits per heavy atom. The molecule has 1 aromatic carbocycles. The van der Waals surface area contributed by atoms with E-state index in [4.69, 9.17) is 4.98 Å². The maximum Gasteiger partial charge on any atom is 0.225 e. The summed E-state index contributed by atoms with van der Waals surface area (Å²) >= 11 is 0. The predicted octanol–water partition coefficient (Wildman–Crippen LogP) is 3.68. The third-order valence-corrected chi connectivity index (χ3v) is 5.88. The molecular weight excluding hydrogens is 324 g/mol. The van der Waals surface area contributed by atoms with Crippen molar-refractivity contribution in [1.29, 1.82) is 0 Å². The van der Waals surface area contributed by atoms with Crippen LogP contribution in [0.15, 0.2) is 24.3 Å². The van der Waals surface area contributed by atoms with Crippen LogP contribution < -0.4 is 4.90 Å². The van der Waals surface area contributed by atoms with Gasteiger partial charge in [-0.25, -0.2) is 4.98 Å². The summed E-state index contributed by atoms with van der Waals surface area (Å²) in [6, 6.07) is 8.40. The molecule has 26 heavy (non-hydrogen) atoms. The average molecular weight is 354 g/mol. The van der Waals surface area contributed by atoms with Crippen LogP contribution in [0.4, 0.5) is 5.95 Å². The van der Waals surface area contributed by atoms with Crippen molar-refractivity contribution in [3.63, 3.8) is 0 Å². The molecule has 2 saturated heterocycles. The molecule has 0 saturated carbocycles. The van der Waals surface area contributed by atoms with Crippen LogP contribution in [0.5, 0.6) is 0 Å². The van der Waals surface area contributed by atoms with E-state index in [1.54, 1.807) is 0 Å². The van der Waals surface area contributed by atoms with Gasteiger partial charge in [0, 0.05) is 38.6 Å². The Balaban J connectivity index is 1.47. The zero-order valence-electron chi connectivity index (χ0n) is 15.9. The number of para-hydroxylation sites is 2. The topological polar surface area (TPSA) is 41.4 Å². The number of rotatable bonds is 4. The molecule has 3 heterocycles. The third-order valence-electron chi connectivity index (χ3n) is 5.88. The predicted molar refractivity (Wildman–Crippen MR) is 105 cm³/mol. The van der Waals surface area contributed by atoms with E-state index in [1.807, 2.05) is 0 Å². The third kappa shape index (κ3) is 3.31. The number of aryl methyl sites for hydroxylation is 1. The molecule has 1 aromatic heterocycles. The first-order valence-electron chi connectivity index (χ1n) is 10.3. The van der Waals surface area contributed by atoms with Gasteiger partial charge in [0.25, 0.3) is 0 Å². The Kier molecular flexibility index (Phi) is 5.14. The molecule has 2 aromatic rings. The standard InChI is InChI=1S/C21H30N4O/c1-2-12-25-19-9-5-4-8-18(19)22-21(25)24-15-10-17(11-16-24)20(26)23-13-6-3-7-14-23/h4-5,8-9,17H,2-3,6-7,10-16H2,1H3. The summed E-state index contributed by atoms with van der Waals surface area (Å²) < 4.78 is 2.35. The maximum absolute atomic E-state index is 12.8. The fourth-order valence-corrected chi connectivity index (χ4v) is 4.45. The SMILES string of the molecule is CCCn1c(N2CCC(C(=O)N3CCCCC3)CC2)nc2ccccc21. The number of imidazole rings is 1. The number of piperidine rings is 2. The molecule has 5 heteroatoms. The zero-order chi connectivity index (χ0) is 17.9. The summed E-state index contributed by atoms with van der Waals surface area (Å²) in [6.07, 6.45) is 6.61. The number of fused-ring (bicyclic) bond motifs is 1. The fourth-order valence-electron chi connectivity index (χ4n) is 4.45. The van der Waals surface area contributed by atoms with Gasteiger partial charge in [0.05, 0.1) is 11.0 Å². The summed E-state index contributed by atoms with van der Waals surface area (Å²) in [6.45, 7) is 6.98. The number of likely N-dealkylation sites (tertiary alicyclic amines) is 1. The number of amides is 1. The minimum atomic E-state index is 0.202. The van der Waals surface area contributed by atoms with Crippen molar-refractivity contribution < 1.29 is 4.79 Å². The fraction of sp³-hybridized carbons (Fsp3) is 0.619. The van der Waals surface area contributed by atoms with Crippen molar-refractivity contribution in [3.8, 4) is 0 Å². The smallest absolute Gasteiger partial charge is 0.225 e. The van der Waals surface area contributed by atoms with Crippen LogP contribution >= 0.6 is 0 Å². The lowest BCUT2D eigenvalue weighted by Crippen LogP contribution is -2.44. The lowest BCUT2D eigenvalue weighted by Gasteiger charge is -2.36. The highest BCUT2D eigenvalue weighted by molar-refractivity contribution is 5.80. The van der Waals surface area contributed by atoms with Crippen LogP contribution in [0.1, 0.15) is 45.4 Å². The van der Waals surface area contributed by atoms with Crippen LogP contribution in [0, 0.1) is 5.92 Å². The molecule has 140 valence electrons. The van der Waals surface area contributed by atoms with E-state index < -0.39 is 0 Å². The van der Waals surface area contributed by atoms with E-state index in [0.29, 0.717) is 5.91 Å². The van der Waals surface area contributed by atoms with E-state index in [1.165, 1.54) is 24.8 Å². The molecule has 2 aliphatic heterocycles. The number of benzene rings is 1. The van der Waals surface area contributed by atoms with Gasteiger partial charge < -0.3 is 14.4 Å². The Hall–Kier alpha value is -2.04. The van der Waals surface area contributed by atoms with Crippen molar-refractivity contribution in [2.45, 2.75) is 52.0 Å². The monoisotopic (exact) mass is 354 g/mol. The first kappa shape index (κ1) is 17.4. The second kappa shape index (κ2) is 7.68. The summed E-state index contributed by atoms with van der Waals surface area (Å²) in [5, 5.41) is 0. The lowest BCUT2D eigenvalue weighted by molar-refractivity contribution is -0.137. The van der Waals surface area contributed by atoms with Crippen molar-refractivity contribution in [3.05, 3.63) is 24.3 Å². The Labute approximate surface area is 156 Å². The molecule has 0 atom stereocenters. The average Bonchev–Trinajstić information content (AvgIpc) is 3.07. The molecule has 0 radical (unpaired) electrons. The minimum Gasteiger partial charge on any atom is -0.342 e. The van der Waals surface area contributed by atoms with E-state index in [2.05, 4.69) is 45.6 Å². The van der Waals surface area contributed by atoms with Crippen LogP contribution in [-0.4, -0.2) is 46.5 Å². The molecule has 1 amide bonds. The first-order valence-corrected chi connectivity index (χ1v) is 10.3. The number of nitrogens with zero attached hydrogens (tertiary/aromatic N) is 4. The van der Waals surface area contributed by atoms with E-state index in [0.717, 1.165) is 63.5 Å². The molecule has 0 N–H and O–H groups in total.